The summed E-state index contributed by atoms with van der Waals surface area (Å²) >= 11 is 0. The van der Waals surface area contributed by atoms with E-state index in [4.69, 9.17) is 0 Å². The number of aromatic amines is 1. The number of H-pyrrole nitrogens is 1. The third-order valence-corrected chi connectivity index (χ3v) is 3.41. The lowest BCUT2D eigenvalue weighted by Crippen LogP contribution is -2.36. The van der Waals surface area contributed by atoms with E-state index in [1.54, 1.807) is 6.20 Å². The zero-order valence-electron chi connectivity index (χ0n) is 12.1. The lowest BCUT2D eigenvalue weighted by atomic mass is 10.1. The van der Waals surface area contributed by atoms with Crippen molar-refractivity contribution in [3.8, 4) is 0 Å². The van der Waals surface area contributed by atoms with Crippen LogP contribution in [0.3, 0.4) is 0 Å². The molecule has 1 atom stereocenters. The first-order valence-electron chi connectivity index (χ1n) is 6.98. The molecule has 0 aromatic carbocycles. The van der Waals surface area contributed by atoms with Crippen LogP contribution in [0.15, 0.2) is 30.5 Å². The van der Waals surface area contributed by atoms with Gasteiger partial charge in [-0.2, -0.15) is 5.10 Å². The molecule has 0 radical (unpaired) electrons. The van der Waals surface area contributed by atoms with Gasteiger partial charge < -0.3 is 5.11 Å². The van der Waals surface area contributed by atoms with E-state index in [-0.39, 0.29) is 12.6 Å². The van der Waals surface area contributed by atoms with Crippen molar-refractivity contribution in [3.63, 3.8) is 0 Å². The summed E-state index contributed by atoms with van der Waals surface area (Å²) < 4.78 is 0. The zero-order valence-corrected chi connectivity index (χ0v) is 12.1. The predicted molar refractivity (Wildman–Crippen MR) is 78.0 cm³/mol. The smallest absolute Gasteiger partial charge is 0.0765 e. The molecule has 5 heteroatoms. The van der Waals surface area contributed by atoms with Crippen LogP contribution in [0.1, 0.15) is 30.4 Å². The lowest BCUT2D eigenvalue weighted by Gasteiger charge is -2.28. The summed E-state index contributed by atoms with van der Waals surface area (Å²) in [5.41, 5.74) is 3.05. The van der Waals surface area contributed by atoms with Crippen LogP contribution >= 0.6 is 0 Å². The standard InChI is InChI=1S/C15H22N4O/c1-3-15(11-20)19(9-13-6-4-5-7-16-13)10-14-8-12(2)17-18-14/h4-8,15,20H,3,9-11H2,1-2H3,(H,17,18). The van der Waals surface area contributed by atoms with E-state index in [1.807, 2.05) is 31.2 Å². The molecule has 2 aromatic heterocycles. The Morgan fingerprint density at radius 1 is 1.30 bits per heavy atom. The molecule has 0 fully saturated rings. The van der Waals surface area contributed by atoms with E-state index in [0.29, 0.717) is 13.1 Å². The van der Waals surface area contributed by atoms with Crippen LogP contribution in [-0.2, 0) is 13.1 Å². The van der Waals surface area contributed by atoms with Gasteiger partial charge in [0.1, 0.15) is 0 Å². The first-order valence-corrected chi connectivity index (χ1v) is 6.98. The van der Waals surface area contributed by atoms with Crippen molar-refractivity contribution in [2.24, 2.45) is 0 Å². The molecule has 2 aromatic rings. The van der Waals surface area contributed by atoms with E-state index < -0.39 is 0 Å². The summed E-state index contributed by atoms with van der Waals surface area (Å²) in [5, 5.41) is 16.8. The largest absolute Gasteiger partial charge is 0.395 e. The van der Waals surface area contributed by atoms with Gasteiger partial charge in [-0.05, 0) is 31.5 Å². The average Bonchev–Trinajstić information content (AvgIpc) is 2.86. The van der Waals surface area contributed by atoms with Gasteiger partial charge in [0.05, 0.1) is 18.0 Å². The van der Waals surface area contributed by atoms with E-state index in [9.17, 15) is 5.11 Å². The second kappa shape index (κ2) is 7.17. The van der Waals surface area contributed by atoms with Crippen molar-refractivity contribution >= 4 is 0 Å². The van der Waals surface area contributed by atoms with Crippen molar-refractivity contribution < 1.29 is 5.11 Å². The Kier molecular flexibility index (Phi) is 5.26. The third kappa shape index (κ3) is 3.88. The summed E-state index contributed by atoms with van der Waals surface area (Å²) in [5.74, 6) is 0. The minimum atomic E-state index is 0.119. The quantitative estimate of drug-likeness (QED) is 0.809. The number of pyridine rings is 1. The van der Waals surface area contributed by atoms with Gasteiger partial charge in [-0.1, -0.05) is 13.0 Å². The Morgan fingerprint density at radius 3 is 2.65 bits per heavy atom. The molecule has 1 unspecified atom stereocenters. The molecule has 0 aliphatic heterocycles. The molecular weight excluding hydrogens is 252 g/mol. The van der Waals surface area contributed by atoms with Crippen LogP contribution in [-0.4, -0.2) is 37.8 Å². The summed E-state index contributed by atoms with van der Waals surface area (Å²) in [6.07, 6.45) is 2.69. The highest BCUT2D eigenvalue weighted by Gasteiger charge is 2.18. The maximum Gasteiger partial charge on any atom is 0.0765 e. The fraction of sp³-hybridized carbons (Fsp3) is 0.467. The van der Waals surface area contributed by atoms with Gasteiger partial charge in [0.25, 0.3) is 0 Å². The van der Waals surface area contributed by atoms with Crippen LogP contribution in [0.5, 0.6) is 0 Å². The Hall–Kier alpha value is -1.72. The zero-order chi connectivity index (χ0) is 14.4. The van der Waals surface area contributed by atoms with Crippen LogP contribution in [0.2, 0.25) is 0 Å². The summed E-state index contributed by atoms with van der Waals surface area (Å²) in [6.45, 7) is 5.64. The number of aliphatic hydroxyl groups excluding tert-OH is 1. The molecular formula is C15H22N4O. The SMILES string of the molecule is CCC(CO)N(Cc1ccccn1)Cc1cc(C)[nH]n1. The molecule has 0 aliphatic carbocycles. The molecule has 0 saturated heterocycles. The normalized spacial score (nSPS) is 12.8. The Balaban J connectivity index is 2.11. The Bertz CT molecular complexity index is 508. The molecule has 5 nitrogen and oxygen atoms in total. The maximum atomic E-state index is 9.57. The van der Waals surface area contributed by atoms with Crippen LogP contribution in [0.4, 0.5) is 0 Å². The van der Waals surface area contributed by atoms with Crippen LogP contribution in [0.25, 0.3) is 0 Å². The first-order chi connectivity index (χ1) is 9.72. The van der Waals surface area contributed by atoms with Gasteiger partial charge in [0.2, 0.25) is 0 Å². The molecule has 2 heterocycles. The molecule has 0 bridgehead atoms. The fourth-order valence-corrected chi connectivity index (χ4v) is 2.28. The van der Waals surface area contributed by atoms with Gasteiger partial charge in [-0.3, -0.25) is 15.0 Å². The number of rotatable bonds is 7. The molecule has 0 aliphatic rings. The van der Waals surface area contributed by atoms with E-state index in [2.05, 4.69) is 27.0 Å². The second-order valence-corrected chi connectivity index (χ2v) is 5.01. The molecule has 0 spiro atoms. The number of hydrogen-bond donors (Lipinski definition) is 2. The summed E-state index contributed by atoms with van der Waals surface area (Å²) in [7, 11) is 0. The highest BCUT2D eigenvalue weighted by molar-refractivity contribution is 5.08. The van der Waals surface area contributed by atoms with Gasteiger partial charge in [0, 0.05) is 31.0 Å². The number of nitrogens with zero attached hydrogens (tertiary/aromatic N) is 3. The maximum absolute atomic E-state index is 9.57. The highest BCUT2D eigenvalue weighted by Crippen LogP contribution is 2.13. The van der Waals surface area contributed by atoms with Crippen LogP contribution < -0.4 is 0 Å². The van der Waals surface area contributed by atoms with Gasteiger partial charge in [0.15, 0.2) is 0 Å². The average molecular weight is 274 g/mol. The topological polar surface area (TPSA) is 65.0 Å². The van der Waals surface area contributed by atoms with Gasteiger partial charge in [-0.25, -0.2) is 0 Å². The lowest BCUT2D eigenvalue weighted by molar-refractivity contribution is 0.104. The van der Waals surface area contributed by atoms with E-state index in [0.717, 1.165) is 23.5 Å². The highest BCUT2D eigenvalue weighted by atomic mass is 16.3. The van der Waals surface area contributed by atoms with Crippen molar-refractivity contribution in [3.05, 3.63) is 47.5 Å². The minimum absolute atomic E-state index is 0.119. The molecule has 2 N–H and O–H groups in total. The number of nitrogens with one attached hydrogen (secondary N) is 1. The molecule has 108 valence electrons. The van der Waals surface area contributed by atoms with E-state index in [1.165, 1.54) is 0 Å². The Labute approximate surface area is 119 Å². The van der Waals surface area contributed by atoms with Crippen molar-refractivity contribution in [2.75, 3.05) is 6.61 Å². The number of aliphatic hydroxyl groups is 1. The first kappa shape index (κ1) is 14.7. The van der Waals surface area contributed by atoms with E-state index >= 15 is 0 Å². The van der Waals surface area contributed by atoms with Crippen LogP contribution in [0, 0.1) is 6.92 Å². The fourth-order valence-electron chi connectivity index (χ4n) is 2.28. The minimum Gasteiger partial charge on any atom is -0.395 e. The molecule has 0 saturated carbocycles. The Morgan fingerprint density at radius 2 is 2.10 bits per heavy atom. The number of hydrogen-bond acceptors (Lipinski definition) is 4. The molecule has 20 heavy (non-hydrogen) atoms. The van der Waals surface area contributed by atoms with Gasteiger partial charge in [-0.15, -0.1) is 0 Å². The predicted octanol–water partition coefficient (Wildman–Crippen LogP) is 1.89. The van der Waals surface area contributed by atoms with Crippen molar-refractivity contribution in [2.45, 2.75) is 39.4 Å². The third-order valence-electron chi connectivity index (χ3n) is 3.41. The monoisotopic (exact) mass is 274 g/mol. The summed E-state index contributed by atoms with van der Waals surface area (Å²) in [4.78, 5) is 6.59. The van der Waals surface area contributed by atoms with Gasteiger partial charge >= 0.3 is 0 Å². The molecule has 0 amide bonds. The van der Waals surface area contributed by atoms with Crippen molar-refractivity contribution in [1.29, 1.82) is 0 Å². The number of aryl methyl sites for hydroxylation is 1. The van der Waals surface area contributed by atoms with Crippen molar-refractivity contribution in [1.82, 2.24) is 20.1 Å². The summed E-state index contributed by atoms with van der Waals surface area (Å²) in [6, 6.07) is 8.06. The second-order valence-electron chi connectivity index (χ2n) is 5.01. The number of aromatic nitrogens is 3. The molecule has 2 rings (SSSR count).